The molecule has 1 aromatic carbocycles. The Bertz CT molecular complexity index is 742. The average Bonchev–Trinajstić information content (AvgIpc) is 2.68. The van der Waals surface area contributed by atoms with Crippen molar-refractivity contribution in [1.82, 2.24) is 14.9 Å². The van der Waals surface area contributed by atoms with Crippen molar-refractivity contribution in [2.75, 3.05) is 51.7 Å². The van der Waals surface area contributed by atoms with Crippen LogP contribution in [-0.2, 0) is 20.2 Å². The maximum atomic E-state index is 12.5. The summed E-state index contributed by atoms with van der Waals surface area (Å²) in [7, 11) is -3.27. The van der Waals surface area contributed by atoms with E-state index in [0.717, 1.165) is 19.4 Å². The third-order valence-electron chi connectivity index (χ3n) is 5.60. The van der Waals surface area contributed by atoms with Crippen LogP contribution in [0.2, 0.25) is 0 Å². The largest absolute Gasteiger partial charge is 0.379 e. The van der Waals surface area contributed by atoms with Crippen LogP contribution in [0.15, 0.2) is 35.3 Å². The Morgan fingerprint density at radius 3 is 2.50 bits per heavy atom. The Balaban J connectivity index is 1.57. The summed E-state index contributed by atoms with van der Waals surface area (Å²) in [5.74, 6) is 0.739. The molecular formula is C20H32N4O3S. The molecule has 7 nitrogen and oxygen atoms in total. The fourth-order valence-electron chi connectivity index (χ4n) is 3.76. The van der Waals surface area contributed by atoms with Gasteiger partial charge in [0.25, 0.3) is 0 Å². The van der Waals surface area contributed by atoms with Gasteiger partial charge in [0.1, 0.15) is 0 Å². The second-order valence-corrected chi connectivity index (χ2v) is 9.54. The molecule has 0 unspecified atom stereocenters. The Morgan fingerprint density at radius 1 is 1.18 bits per heavy atom. The van der Waals surface area contributed by atoms with E-state index in [-0.39, 0.29) is 11.2 Å². The van der Waals surface area contributed by atoms with E-state index in [1.807, 2.05) is 13.0 Å². The molecule has 0 amide bonds. The highest BCUT2D eigenvalue weighted by Crippen LogP contribution is 2.43. The summed E-state index contributed by atoms with van der Waals surface area (Å²) in [5, 5.41) is 6.42. The first-order chi connectivity index (χ1) is 13.6. The second-order valence-electron chi connectivity index (χ2n) is 7.45. The first-order valence-electron chi connectivity index (χ1n) is 10.2. The van der Waals surface area contributed by atoms with Crippen LogP contribution in [0.1, 0.15) is 31.7 Å². The van der Waals surface area contributed by atoms with Crippen LogP contribution in [0.3, 0.4) is 0 Å². The molecular weight excluding hydrogens is 376 g/mol. The molecule has 1 aliphatic carbocycles. The van der Waals surface area contributed by atoms with Crippen LogP contribution in [0.5, 0.6) is 0 Å². The van der Waals surface area contributed by atoms with Gasteiger partial charge in [0.15, 0.2) is 5.96 Å². The third-order valence-corrected chi connectivity index (χ3v) is 7.47. The molecule has 0 aromatic heterocycles. The van der Waals surface area contributed by atoms with E-state index in [1.165, 1.54) is 16.3 Å². The van der Waals surface area contributed by atoms with E-state index >= 15 is 0 Å². The molecule has 156 valence electrons. The lowest BCUT2D eigenvalue weighted by molar-refractivity contribution is 0.0730. The minimum absolute atomic E-state index is 0.0568. The molecule has 0 spiro atoms. The van der Waals surface area contributed by atoms with E-state index in [9.17, 15) is 8.42 Å². The summed E-state index contributed by atoms with van der Waals surface area (Å²) in [6, 6.07) is 10.6. The van der Waals surface area contributed by atoms with Gasteiger partial charge in [0, 0.05) is 31.6 Å². The molecule has 2 fully saturated rings. The molecule has 1 saturated carbocycles. The summed E-state index contributed by atoms with van der Waals surface area (Å²) in [4.78, 5) is 4.78. The zero-order chi connectivity index (χ0) is 19.9. The molecule has 1 aromatic rings. The van der Waals surface area contributed by atoms with Crippen LogP contribution >= 0.6 is 0 Å². The van der Waals surface area contributed by atoms with E-state index in [1.54, 1.807) is 0 Å². The summed E-state index contributed by atoms with van der Waals surface area (Å²) in [6.07, 6.45) is 3.52. The van der Waals surface area contributed by atoms with E-state index in [4.69, 9.17) is 9.73 Å². The zero-order valence-corrected chi connectivity index (χ0v) is 17.5. The van der Waals surface area contributed by atoms with Crippen LogP contribution < -0.4 is 10.6 Å². The van der Waals surface area contributed by atoms with Gasteiger partial charge in [-0.1, -0.05) is 36.8 Å². The van der Waals surface area contributed by atoms with Gasteiger partial charge in [0.05, 0.1) is 25.5 Å². The number of sulfonamides is 1. The number of nitrogens with one attached hydrogen (secondary N) is 2. The number of ether oxygens (including phenoxy) is 1. The van der Waals surface area contributed by atoms with Gasteiger partial charge >= 0.3 is 0 Å². The molecule has 28 heavy (non-hydrogen) atoms. The maximum Gasteiger partial charge on any atom is 0.215 e. The lowest BCUT2D eigenvalue weighted by Gasteiger charge is -2.41. The summed E-state index contributed by atoms with van der Waals surface area (Å²) < 4.78 is 31.7. The number of hydrogen-bond acceptors (Lipinski definition) is 4. The predicted octanol–water partition coefficient (Wildman–Crippen LogP) is 1.33. The molecule has 0 radical (unpaired) electrons. The fraction of sp³-hybridized carbons (Fsp3) is 0.650. The number of rotatable bonds is 8. The van der Waals surface area contributed by atoms with Crippen LogP contribution in [0, 0.1) is 0 Å². The number of morpholine rings is 1. The smallest absolute Gasteiger partial charge is 0.215 e. The lowest BCUT2D eigenvalue weighted by atomic mass is 9.64. The van der Waals surface area contributed by atoms with Crippen molar-refractivity contribution < 1.29 is 13.2 Å². The monoisotopic (exact) mass is 408 g/mol. The molecule has 1 saturated heterocycles. The van der Waals surface area contributed by atoms with Gasteiger partial charge in [-0.05, 0) is 25.3 Å². The summed E-state index contributed by atoms with van der Waals surface area (Å²) >= 11 is 0. The molecule has 2 aliphatic rings. The van der Waals surface area contributed by atoms with Crippen LogP contribution in [0.25, 0.3) is 0 Å². The van der Waals surface area contributed by atoms with Gasteiger partial charge in [-0.25, -0.2) is 8.42 Å². The van der Waals surface area contributed by atoms with Gasteiger partial charge in [-0.15, -0.1) is 0 Å². The Kier molecular flexibility index (Phi) is 7.31. The van der Waals surface area contributed by atoms with E-state index < -0.39 is 10.0 Å². The highest BCUT2D eigenvalue weighted by atomic mass is 32.2. The third kappa shape index (κ3) is 5.24. The van der Waals surface area contributed by atoms with Gasteiger partial charge in [-0.2, -0.15) is 4.31 Å². The lowest BCUT2D eigenvalue weighted by Crippen LogP contribution is -2.46. The normalized spacial score (nSPS) is 20.4. The van der Waals surface area contributed by atoms with Gasteiger partial charge in [-0.3, -0.25) is 4.99 Å². The number of benzene rings is 1. The summed E-state index contributed by atoms with van der Waals surface area (Å²) in [6.45, 7) is 5.62. The van der Waals surface area contributed by atoms with Crippen molar-refractivity contribution in [2.24, 2.45) is 4.99 Å². The standard InChI is InChI=1S/C20H32N4O3S/c1-2-21-19(22-11-16-28(25,26)24-12-14-27-15-13-24)23-17-20(9-6-10-20)18-7-4-3-5-8-18/h3-5,7-8H,2,6,9-17H2,1H3,(H2,21,22,23). The number of hydrogen-bond donors (Lipinski definition) is 2. The number of aliphatic imine (C=N–C) groups is 1. The van der Waals surface area contributed by atoms with Crippen molar-refractivity contribution in [3.63, 3.8) is 0 Å². The Morgan fingerprint density at radius 2 is 1.89 bits per heavy atom. The van der Waals surface area contributed by atoms with Crippen molar-refractivity contribution in [2.45, 2.75) is 31.6 Å². The topological polar surface area (TPSA) is 83.0 Å². The Hall–Kier alpha value is -1.64. The fourth-order valence-corrected chi connectivity index (χ4v) is 5.08. The van der Waals surface area contributed by atoms with E-state index in [2.05, 4.69) is 34.9 Å². The molecule has 2 N–H and O–H groups in total. The van der Waals surface area contributed by atoms with E-state index in [0.29, 0.717) is 45.4 Å². The first kappa shape index (κ1) is 21.1. The minimum Gasteiger partial charge on any atom is -0.379 e. The van der Waals surface area contributed by atoms with Gasteiger partial charge in [0.2, 0.25) is 10.0 Å². The van der Waals surface area contributed by atoms with Crippen molar-refractivity contribution in [3.05, 3.63) is 35.9 Å². The van der Waals surface area contributed by atoms with Crippen molar-refractivity contribution in [1.29, 1.82) is 0 Å². The highest BCUT2D eigenvalue weighted by Gasteiger charge is 2.38. The Labute approximate surface area is 168 Å². The zero-order valence-electron chi connectivity index (χ0n) is 16.7. The number of guanidine groups is 1. The highest BCUT2D eigenvalue weighted by molar-refractivity contribution is 7.89. The SMILES string of the molecule is CCNC(=NCC1(c2ccccc2)CCC1)NCCS(=O)(=O)N1CCOCC1. The van der Waals surface area contributed by atoms with Crippen LogP contribution in [0.4, 0.5) is 0 Å². The minimum atomic E-state index is -3.27. The number of nitrogens with zero attached hydrogens (tertiary/aromatic N) is 2. The molecule has 1 heterocycles. The average molecular weight is 409 g/mol. The van der Waals surface area contributed by atoms with Crippen molar-refractivity contribution in [3.8, 4) is 0 Å². The second kappa shape index (κ2) is 9.71. The predicted molar refractivity (Wildman–Crippen MR) is 112 cm³/mol. The molecule has 8 heteroatoms. The van der Waals surface area contributed by atoms with Gasteiger partial charge < -0.3 is 15.4 Å². The molecule has 3 rings (SSSR count). The first-order valence-corrected chi connectivity index (χ1v) is 11.8. The molecule has 0 bridgehead atoms. The molecule has 1 aliphatic heterocycles. The quantitative estimate of drug-likeness (QED) is 0.501. The summed E-state index contributed by atoms with van der Waals surface area (Å²) in [5.41, 5.74) is 1.46. The van der Waals surface area contributed by atoms with Crippen LogP contribution in [-0.4, -0.2) is 70.4 Å². The maximum absolute atomic E-state index is 12.5. The van der Waals surface area contributed by atoms with Crippen molar-refractivity contribution >= 4 is 16.0 Å². The molecule has 0 atom stereocenters.